The highest BCUT2D eigenvalue weighted by Gasteiger charge is 2.23. The van der Waals surface area contributed by atoms with Crippen molar-refractivity contribution in [3.05, 3.63) is 33.8 Å². The van der Waals surface area contributed by atoms with Crippen molar-refractivity contribution in [3.8, 4) is 0 Å². The molecular weight excluding hydrogens is 322 g/mol. The Bertz CT molecular complexity index is 396. The van der Waals surface area contributed by atoms with Crippen LogP contribution in [0.4, 0.5) is 8.78 Å². The molecule has 2 atom stereocenters. The molecule has 0 spiro atoms. The highest BCUT2D eigenvalue weighted by atomic mass is 79.9. The van der Waals surface area contributed by atoms with Crippen LogP contribution in [0.2, 0.25) is 0 Å². The van der Waals surface area contributed by atoms with Crippen LogP contribution in [0.25, 0.3) is 0 Å². The van der Waals surface area contributed by atoms with Gasteiger partial charge in [0.1, 0.15) is 11.6 Å². The van der Waals surface area contributed by atoms with Gasteiger partial charge in [-0.15, -0.1) is 11.6 Å². The molecule has 0 heterocycles. The first-order valence-corrected chi connectivity index (χ1v) is 7.52. The SMILES string of the molecule is CCCCC(CC)C(Cl)c1cc(F)c(Br)cc1F. The largest absolute Gasteiger partial charge is 0.207 e. The van der Waals surface area contributed by atoms with Gasteiger partial charge in [-0.05, 0) is 40.4 Å². The van der Waals surface area contributed by atoms with E-state index in [-0.39, 0.29) is 16.0 Å². The standard InChI is InChI=1S/C14H18BrClF2/c1-3-5-6-9(4-2)14(16)10-7-13(18)11(15)8-12(10)17/h7-9,14H,3-6H2,1-2H3. The van der Waals surface area contributed by atoms with Crippen LogP contribution in [-0.4, -0.2) is 0 Å². The Labute approximate surface area is 121 Å². The van der Waals surface area contributed by atoms with Gasteiger partial charge >= 0.3 is 0 Å². The molecule has 1 aromatic carbocycles. The Morgan fingerprint density at radius 1 is 1.22 bits per heavy atom. The van der Waals surface area contributed by atoms with Gasteiger partial charge in [-0.3, -0.25) is 0 Å². The molecule has 1 aromatic rings. The highest BCUT2D eigenvalue weighted by molar-refractivity contribution is 9.10. The molecule has 1 rings (SSSR count). The van der Waals surface area contributed by atoms with Gasteiger partial charge in [0.05, 0.1) is 9.85 Å². The van der Waals surface area contributed by atoms with Crippen LogP contribution in [0.5, 0.6) is 0 Å². The Hall–Kier alpha value is -0.150. The van der Waals surface area contributed by atoms with Gasteiger partial charge < -0.3 is 0 Å². The van der Waals surface area contributed by atoms with Crippen molar-refractivity contribution >= 4 is 27.5 Å². The molecule has 2 unspecified atom stereocenters. The molecule has 0 aromatic heterocycles. The molecule has 0 aliphatic heterocycles. The van der Waals surface area contributed by atoms with E-state index in [1.807, 2.05) is 6.92 Å². The third-order valence-electron chi connectivity index (χ3n) is 3.20. The van der Waals surface area contributed by atoms with E-state index in [4.69, 9.17) is 11.6 Å². The van der Waals surface area contributed by atoms with Gasteiger partial charge in [-0.2, -0.15) is 0 Å². The smallest absolute Gasteiger partial charge is 0.137 e. The van der Waals surface area contributed by atoms with Crippen LogP contribution in [0.15, 0.2) is 16.6 Å². The van der Waals surface area contributed by atoms with E-state index in [1.54, 1.807) is 0 Å². The van der Waals surface area contributed by atoms with Gasteiger partial charge in [0.25, 0.3) is 0 Å². The van der Waals surface area contributed by atoms with E-state index in [2.05, 4.69) is 22.9 Å². The van der Waals surface area contributed by atoms with Gasteiger partial charge in [-0.25, -0.2) is 8.78 Å². The van der Waals surface area contributed by atoms with E-state index in [1.165, 1.54) is 6.07 Å². The number of unbranched alkanes of at least 4 members (excludes halogenated alkanes) is 1. The van der Waals surface area contributed by atoms with E-state index in [0.29, 0.717) is 0 Å². The minimum atomic E-state index is -0.470. The number of alkyl halides is 1. The summed E-state index contributed by atoms with van der Waals surface area (Å²) in [6.07, 6.45) is 3.95. The van der Waals surface area contributed by atoms with Crippen molar-refractivity contribution in [2.45, 2.75) is 44.9 Å². The summed E-state index contributed by atoms with van der Waals surface area (Å²) < 4.78 is 27.4. The van der Waals surface area contributed by atoms with Gasteiger partial charge in [0.15, 0.2) is 0 Å². The monoisotopic (exact) mass is 338 g/mol. The lowest BCUT2D eigenvalue weighted by molar-refractivity contribution is 0.426. The van der Waals surface area contributed by atoms with Gasteiger partial charge in [0, 0.05) is 5.56 Å². The number of hydrogen-bond acceptors (Lipinski definition) is 0. The van der Waals surface area contributed by atoms with Gasteiger partial charge in [0.2, 0.25) is 0 Å². The summed E-state index contributed by atoms with van der Waals surface area (Å²) in [5, 5.41) is -0.468. The van der Waals surface area contributed by atoms with Crippen LogP contribution in [0.3, 0.4) is 0 Å². The molecule has 0 aliphatic carbocycles. The fourth-order valence-corrected chi connectivity index (χ4v) is 2.81. The summed E-state index contributed by atoms with van der Waals surface area (Å²) in [7, 11) is 0. The summed E-state index contributed by atoms with van der Waals surface area (Å²) in [6, 6.07) is 2.35. The van der Waals surface area contributed by atoms with E-state index >= 15 is 0 Å². The topological polar surface area (TPSA) is 0 Å². The van der Waals surface area contributed by atoms with Crippen LogP contribution in [0, 0.1) is 17.6 Å². The maximum Gasteiger partial charge on any atom is 0.137 e. The molecule has 0 radical (unpaired) electrons. The van der Waals surface area contributed by atoms with Gasteiger partial charge in [-0.1, -0.05) is 33.1 Å². The second kappa shape index (κ2) is 7.44. The number of benzene rings is 1. The maximum atomic E-state index is 13.8. The van der Waals surface area contributed by atoms with E-state index in [9.17, 15) is 8.78 Å². The Kier molecular flexibility index (Phi) is 6.58. The fourth-order valence-electron chi connectivity index (χ4n) is 2.03. The number of halogens is 4. The van der Waals surface area contributed by atoms with E-state index < -0.39 is 17.0 Å². The summed E-state index contributed by atoms with van der Waals surface area (Å²) in [5.41, 5.74) is 0.264. The molecule has 102 valence electrons. The Morgan fingerprint density at radius 3 is 2.44 bits per heavy atom. The van der Waals surface area contributed by atoms with Crippen LogP contribution >= 0.6 is 27.5 Å². The second-order valence-corrected chi connectivity index (χ2v) is 5.82. The summed E-state index contributed by atoms with van der Waals surface area (Å²) in [5.74, 6) is -0.734. The molecule has 0 aliphatic rings. The second-order valence-electron chi connectivity index (χ2n) is 4.50. The number of hydrogen-bond donors (Lipinski definition) is 0. The van der Waals surface area contributed by atoms with Crippen LogP contribution in [-0.2, 0) is 0 Å². The third-order valence-corrected chi connectivity index (χ3v) is 4.40. The predicted octanol–water partition coefficient (Wildman–Crippen LogP) is 6.22. The molecule has 0 N–H and O–H groups in total. The maximum absolute atomic E-state index is 13.8. The van der Waals surface area contributed by atoms with Crippen molar-refractivity contribution in [1.82, 2.24) is 0 Å². The highest BCUT2D eigenvalue weighted by Crippen LogP contribution is 2.37. The molecule has 0 bridgehead atoms. The zero-order valence-corrected chi connectivity index (χ0v) is 13.0. The lowest BCUT2D eigenvalue weighted by atomic mass is 9.91. The van der Waals surface area contributed by atoms with Crippen molar-refractivity contribution < 1.29 is 8.78 Å². The molecule has 0 amide bonds. The molecular formula is C14H18BrClF2. The number of rotatable bonds is 6. The third kappa shape index (κ3) is 3.92. The molecule has 0 saturated carbocycles. The van der Waals surface area contributed by atoms with Crippen molar-refractivity contribution in [3.63, 3.8) is 0 Å². The normalized spacial score (nSPS) is 14.6. The minimum Gasteiger partial charge on any atom is -0.207 e. The van der Waals surface area contributed by atoms with E-state index in [0.717, 1.165) is 31.7 Å². The lowest BCUT2D eigenvalue weighted by Gasteiger charge is -2.21. The fraction of sp³-hybridized carbons (Fsp3) is 0.571. The molecule has 0 fully saturated rings. The summed E-state index contributed by atoms with van der Waals surface area (Å²) in [4.78, 5) is 0. The molecule has 4 heteroatoms. The predicted molar refractivity (Wildman–Crippen MR) is 76.0 cm³/mol. The van der Waals surface area contributed by atoms with Crippen LogP contribution < -0.4 is 0 Å². The summed E-state index contributed by atoms with van der Waals surface area (Å²) >= 11 is 9.28. The van der Waals surface area contributed by atoms with Crippen molar-refractivity contribution in [2.24, 2.45) is 5.92 Å². The molecule has 0 nitrogen and oxygen atoms in total. The first kappa shape index (κ1) is 15.9. The molecule has 0 saturated heterocycles. The van der Waals surface area contributed by atoms with Crippen molar-refractivity contribution in [2.75, 3.05) is 0 Å². The Balaban J connectivity index is 2.94. The first-order valence-electron chi connectivity index (χ1n) is 6.29. The lowest BCUT2D eigenvalue weighted by Crippen LogP contribution is -2.09. The quantitative estimate of drug-likeness (QED) is 0.426. The average molecular weight is 340 g/mol. The Morgan fingerprint density at radius 2 is 1.89 bits per heavy atom. The average Bonchev–Trinajstić information content (AvgIpc) is 2.34. The van der Waals surface area contributed by atoms with Crippen molar-refractivity contribution in [1.29, 1.82) is 0 Å². The molecule has 18 heavy (non-hydrogen) atoms. The zero-order valence-electron chi connectivity index (χ0n) is 10.6. The van der Waals surface area contributed by atoms with Crippen LogP contribution in [0.1, 0.15) is 50.5 Å². The first-order chi connectivity index (χ1) is 8.51. The zero-order chi connectivity index (χ0) is 13.7. The summed E-state index contributed by atoms with van der Waals surface area (Å²) in [6.45, 7) is 4.14. The minimum absolute atomic E-state index is 0.134.